The summed E-state index contributed by atoms with van der Waals surface area (Å²) in [5.41, 5.74) is 6.08. The number of nitrogen functional groups attached to an aromatic ring is 1. The molecule has 4 rings (SSSR count). The molecule has 0 radical (unpaired) electrons. The van der Waals surface area contributed by atoms with E-state index < -0.39 is 22.2 Å². The summed E-state index contributed by atoms with van der Waals surface area (Å²) >= 11 is 11.5. The molecule has 17 heteroatoms. The second-order valence-electron chi connectivity index (χ2n) is 14.3. The van der Waals surface area contributed by atoms with Crippen LogP contribution in [0.15, 0.2) is 24.5 Å². The van der Waals surface area contributed by atoms with Crippen molar-refractivity contribution in [3.63, 3.8) is 0 Å². The minimum absolute atomic E-state index is 0.0950. The average molecular weight is 728 g/mol. The van der Waals surface area contributed by atoms with Crippen LogP contribution < -0.4 is 31.7 Å². The number of pyridine rings is 2. The monoisotopic (exact) mass is 726 g/mol. The van der Waals surface area contributed by atoms with E-state index in [1.54, 1.807) is 33.0 Å². The number of hydrogen-bond donors (Lipinski definition) is 5. The van der Waals surface area contributed by atoms with Gasteiger partial charge < -0.3 is 41.7 Å². The van der Waals surface area contributed by atoms with Crippen molar-refractivity contribution >= 4 is 58.1 Å². The predicted molar refractivity (Wildman–Crippen MR) is 189 cm³/mol. The highest BCUT2D eigenvalue weighted by atomic mass is 35.5. The third-order valence-corrected chi connectivity index (χ3v) is 8.08. The van der Waals surface area contributed by atoms with Crippen LogP contribution in [0.2, 0.25) is 10.3 Å². The number of hydrogen-bond acceptors (Lipinski definition) is 11. The third-order valence-electron chi connectivity index (χ3n) is 7.60. The first-order chi connectivity index (χ1) is 22.8. The zero-order chi connectivity index (χ0) is 36.5. The third kappa shape index (κ3) is 13.8. The molecular weight excluding hydrogens is 679 g/mol. The number of carbonyl (C=O) groups is 2. The Balaban J connectivity index is 0.000000267. The first kappa shape index (κ1) is 39.5. The smallest absolute Gasteiger partial charge is 0.407 e. The fourth-order valence-corrected chi connectivity index (χ4v) is 5.94. The van der Waals surface area contributed by atoms with Gasteiger partial charge in [0, 0.05) is 30.2 Å². The van der Waals surface area contributed by atoms with Gasteiger partial charge in [-0.3, -0.25) is 10.1 Å². The summed E-state index contributed by atoms with van der Waals surface area (Å²) in [6, 6.07) is 2.75. The van der Waals surface area contributed by atoms with Crippen molar-refractivity contribution in [3.05, 3.63) is 50.2 Å². The Labute approximate surface area is 296 Å². The standard InChI is InChI=1S/C16H23ClN4O5.C16H25ClN4O2/c1-16(2,3)26-15(22)19-11-6-4-5-10(7-11)18-12-9-20(23)14(17)8-13(12)21(24)25;1-16(2,3)23-15(22)21-11-6-4-5-10(7-11)20-13-9-19-14(17)8-12(13)18/h8-11,18H,4-7H2,1-3H3,(H,19,22);8-11,20H,4-7H2,1-3H3,(H2,18,19)(H,21,22)/t2*10-,11+/m11/s1. The highest BCUT2D eigenvalue weighted by molar-refractivity contribution is 6.29. The Kier molecular flexibility index (Phi) is 13.8. The molecule has 2 aliphatic carbocycles. The molecule has 2 aliphatic rings. The molecule has 0 aromatic carbocycles. The van der Waals surface area contributed by atoms with E-state index in [9.17, 15) is 24.9 Å². The van der Waals surface area contributed by atoms with Gasteiger partial charge in [-0.05, 0) is 105 Å². The molecule has 2 heterocycles. The summed E-state index contributed by atoms with van der Waals surface area (Å²) < 4.78 is 10.9. The number of carbonyl (C=O) groups excluding carboxylic acids is 2. The van der Waals surface area contributed by atoms with Crippen LogP contribution in [0.25, 0.3) is 0 Å². The maximum atomic E-state index is 11.9. The molecule has 0 spiro atoms. The molecular formula is C32H48Cl2N8O7. The number of alkyl carbamates (subject to hydrolysis) is 2. The fraction of sp³-hybridized carbons (Fsp3) is 0.625. The summed E-state index contributed by atoms with van der Waals surface area (Å²) in [7, 11) is 0. The molecule has 2 amide bonds. The lowest BCUT2D eigenvalue weighted by Crippen LogP contribution is -2.44. The lowest BCUT2D eigenvalue weighted by atomic mass is 9.91. The number of nitrogens with zero attached hydrogens (tertiary/aromatic N) is 3. The number of ether oxygens (including phenoxy) is 2. The van der Waals surface area contributed by atoms with Crippen molar-refractivity contribution in [1.29, 1.82) is 0 Å². The quantitative estimate of drug-likeness (QED) is 0.0667. The van der Waals surface area contributed by atoms with E-state index in [4.69, 9.17) is 38.4 Å². The zero-order valence-corrected chi connectivity index (χ0v) is 30.3. The Morgan fingerprint density at radius 1 is 0.878 bits per heavy atom. The van der Waals surface area contributed by atoms with E-state index in [0.717, 1.165) is 62.9 Å². The maximum Gasteiger partial charge on any atom is 0.407 e. The van der Waals surface area contributed by atoms with E-state index in [2.05, 4.69) is 26.3 Å². The lowest BCUT2D eigenvalue weighted by Gasteiger charge is -2.31. The number of aromatic nitrogens is 2. The van der Waals surface area contributed by atoms with Gasteiger partial charge in [0.15, 0.2) is 5.69 Å². The maximum absolute atomic E-state index is 11.9. The van der Waals surface area contributed by atoms with Crippen LogP contribution in [0.3, 0.4) is 0 Å². The van der Waals surface area contributed by atoms with Gasteiger partial charge in [0.25, 0.3) is 5.15 Å². The van der Waals surface area contributed by atoms with Gasteiger partial charge in [0.05, 0.1) is 22.5 Å². The molecule has 0 unspecified atom stereocenters. The van der Waals surface area contributed by atoms with Crippen molar-refractivity contribution in [1.82, 2.24) is 15.6 Å². The lowest BCUT2D eigenvalue weighted by molar-refractivity contribution is -0.602. The summed E-state index contributed by atoms with van der Waals surface area (Å²) in [5, 5.41) is 35.1. The van der Waals surface area contributed by atoms with Crippen molar-refractivity contribution < 1.29 is 28.7 Å². The molecule has 6 N–H and O–H groups in total. The largest absolute Gasteiger partial charge is 0.618 e. The number of anilines is 3. The summed E-state index contributed by atoms with van der Waals surface area (Å²) in [6.45, 7) is 10.9. The van der Waals surface area contributed by atoms with E-state index in [0.29, 0.717) is 22.0 Å². The number of halogens is 2. The van der Waals surface area contributed by atoms with Gasteiger partial charge in [0.1, 0.15) is 22.4 Å². The average Bonchev–Trinajstić information content (AvgIpc) is 2.95. The van der Waals surface area contributed by atoms with Crippen LogP contribution in [-0.4, -0.2) is 57.5 Å². The SMILES string of the molecule is CC(C)(C)OC(=O)N[C@H]1CCC[C@@H](Nc2c[n+]([O-])c(Cl)cc2[N+](=O)[O-])C1.CC(C)(C)OC(=O)N[C@H]1CCC[C@@H](Nc2cnc(Cl)cc2N)C1. The number of nitrogens with one attached hydrogen (secondary N) is 4. The summed E-state index contributed by atoms with van der Waals surface area (Å²) in [5.74, 6) is 0. The molecule has 0 bridgehead atoms. The molecule has 15 nitrogen and oxygen atoms in total. The van der Waals surface area contributed by atoms with Gasteiger partial charge in [-0.2, -0.15) is 4.73 Å². The minimum Gasteiger partial charge on any atom is -0.618 e. The molecule has 2 aromatic rings. The van der Waals surface area contributed by atoms with Crippen LogP contribution >= 0.6 is 23.2 Å². The van der Waals surface area contributed by atoms with Crippen LogP contribution in [0.4, 0.5) is 32.3 Å². The van der Waals surface area contributed by atoms with Gasteiger partial charge in [-0.25, -0.2) is 14.6 Å². The van der Waals surface area contributed by atoms with Gasteiger partial charge in [0.2, 0.25) is 6.20 Å². The number of amides is 2. The van der Waals surface area contributed by atoms with Crippen LogP contribution in [0.5, 0.6) is 0 Å². The van der Waals surface area contributed by atoms with Crippen molar-refractivity contribution in [3.8, 4) is 0 Å². The normalized spacial score (nSPS) is 20.9. The topological polar surface area (TPSA) is 210 Å². The predicted octanol–water partition coefficient (Wildman–Crippen LogP) is 6.69. The Bertz CT molecular complexity index is 1470. The molecule has 272 valence electrons. The first-order valence-corrected chi connectivity index (χ1v) is 17.0. The molecule has 2 aromatic heterocycles. The minimum atomic E-state index is -0.590. The number of nitrogens with two attached hydrogens (primary N) is 1. The first-order valence-electron chi connectivity index (χ1n) is 16.3. The second kappa shape index (κ2) is 17.1. The number of nitro groups is 1. The van der Waals surface area contributed by atoms with Gasteiger partial charge in [-0.15, -0.1) is 0 Å². The number of rotatable bonds is 7. The van der Waals surface area contributed by atoms with E-state index >= 15 is 0 Å². The summed E-state index contributed by atoms with van der Waals surface area (Å²) in [6.07, 6.45) is 8.63. The van der Waals surface area contributed by atoms with Crippen LogP contribution in [0.1, 0.15) is 92.9 Å². The highest BCUT2D eigenvalue weighted by Gasteiger charge is 2.29. The molecule has 2 saturated carbocycles. The Morgan fingerprint density at radius 3 is 1.80 bits per heavy atom. The second-order valence-corrected chi connectivity index (χ2v) is 15.0. The van der Waals surface area contributed by atoms with E-state index in [1.807, 2.05) is 20.8 Å². The molecule has 4 atom stereocenters. The van der Waals surface area contributed by atoms with Gasteiger partial charge in [-0.1, -0.05) is 11.6 Å². The highest BCUT2D eigenvalue weighted by Crippen LogP contribution is 2.30. The zero-order valence-electron chi connectivity index (χ0n) is 28.8. The van der Waals surface area contributed by atoms with Crippen LogP contribution in [-0.2, 0) is 9.47 Å². The fourth-order valence-electron chi connectivity index (χ4n) is 5.62. The van der Waals surface area contributed by atoms with E-state index in [1.165, 1.54) is 0 Å². The van der Waals surface area contributed by atoms with Crippen molar-refractivity contribution in [2.24, 2.45) is 0 Å². The molecule has 49 heavy (non-hydrogen) atoms. The van der Waals surface area contributed by atoms with Crippen molar-refractivity contribution in [2.75, 3.05) is 16.4 Å². The Hall–Kier alpha value is -3.98. The molecule has 0 aliphatic heterocycles. The van der Waals surface area contributed by atoms with Crippen LogP contribution in [0, 0.1) is 15.3 Å². The molecule has 0 saturated heterocycles. The summed E-state index contributed by atoms with van der Waals surface area (Å²) in [4.78, 5) is 38.4. The van der Waals surface area contributed by atoms with E-state index in [-0.39, 0.29) is 46.8 Å². The molecule has 2 fully saturated rings. The van der Waals surface area contributed by atoms with Gasteiger partial charge >= 0.3 is 17.9 Å². The Morgan fingerprint density at radius 2 is 1.35 bits per heavy atom. The van der Waals surface area contributed by atoms with Crippen molar-refractivity contribution in [2.45, 2.75) is 128 Å².